The first-order chi connectivity index (χ1) is 9.00. The van der Waals surface area contributed by atoms with Crippen LogP contribution < -0.4 is 10.5 Å². The lowest BCUT2D eigenvalue weighted by atomic mass is 10.3. The van der Waals surface area contributed by atoms with Crippen LogP contribution in [0.25, 0.3) is 0 Å². The fourth-order valence-corrected chi connectivity index (χ4v) is 3.25. The SMILES string of the molecule is Nc1cccc(Cl)c1S(=O)(=O)NCc1ccncc1. The van der Waals surface area contributed by atoms with Crippen molar-refractivity contribution in [2.45, 2.75) is 11.4 Å². The second-order valence-electron chi connectivity index (χ2n) is 3.84. The molecule has 0 aliphatic heterocycles. The van der Waals surface area contributed by atoms with Crippen LogP contribution >= 0.6 is 11.6 Å². The fourth-order valence-electron chi connectivity index (χ4n) is 1.56. The zero-order chi connectivity index (χ0) is 13.9. The fraction of sp³-hybridized carbons (Fsp3) is 0.0833. The van der Waals surface area contributed by atoms with Gasteiger partial charge in [0.25, 0.3) is 0 Å². The van der Waals surface area contributed by atoms with Crippen LogP contribution in [0, 0.1) is 0 Å². The van der Waals surface area contributed by atoms with Crippen LogP contribution in [0.5, 0.6) is 0 Å². The molecule has 0 radical (unpaired) electrons. The predicted molar refractivity (Wildman–Crippen MR) is 74.1 cm³/mol. The molecule has 0 unspecified atom stereocenters. The number of nitrogens with two attached hydrogens (primary N) is 1. The third-order valence-corrected chi connectivity index (χ3v) is 4.43. The molecule has 0 saturated carbocycles. The summed E-state index contributed by atoms with van der Waals surface area (Å²) in [6.45, 7) is 0.148. The van der Waals surface area contributed by atoms with Crippen molar-refractivity contribution in [3.8, 4) is 0 Å². The van der Waals surface area contributed by atoms with E-state index in [0.717, 1.165) is 5.56 Å². The van der Waals surface area contributed by atoms with Gasteiger partial charge in [-0.3, -0.25) is 4.98 Å². The Bertz CT molecular complexity index is 654. The van der Waals surface area contributed by atoms with Gasteiger partial charge < -0.3 is 5.73 Å². The minimum absolute atomic E-state index is 0.0919. The smallest absolute Gasteiger partial charge is 0.244 e. The largest absolute Gasteiger partial charge is 0.398 e. The molecule has 1 aromatic heterocycles. The molecule has 0 atom stereocenters. The van der Waals surface area contributed by atoms with Gasteiger partial charge in [-0.2, -0.15) is 0 Å². The van der Waals surface area contributed by atoms with E-state index >= 15 is 0 Å². The minimum atomic E-state index is -3.75. The average Bonchev–Trinajstić information content (AvgIpc) is 2.37. The first-order valence-electron chi connectivity index (χ1n) is 5.43. The Morgan fingerprint density at radius 1 is 1.21 bits per heavy atom. The topological polar surface area (TPSA) is 85.1 Å². The van der Waals surface area contributed by atoms with E-state index in [1.807, 2.05) is 0 Å². The Labute approximate surface area is 116 Å². The van der Waals surface area contributed by atoms with Gasteiger partial charge in [0.1, 0.15) is 4.90 Å². The molecule has 0 aliphatic rings. The van der Waals surface area contributed by atoms with Crippen molar-refractivity contribution in [1.29, 1.82) is 0 Å². The molecule has 3 N–H and O–H groups in total. The molecule has 1 heterocycles. The van der Waals surface area contributed by atoms with E-state index < -0.39 is 10.0 Å². The summed E-state index contributed by atoms with van der Waals surface area (Å²) >= 11 is 5.89. The zero-order valence-electron chi connectivity index (χ0n) is 9.88. The number of nitrogens with zero attached hydrogens (tertiary/aromatic N) is 1. The Hall–Kier alpha value is -1.63. The first kappa shape index (κ1) is 13.8. The Morgan fingerprint density at radius 3 is 2.53 bits per heavy atom. The van der Waals surface area contributed by atoms with Crippen LogP contribution in [0.1, 0.15) is 5.56 Å². The van der Waals surface area contributed by atoms with Gasteiger partial charge in [-0.25, -0.2) is 13.1 Å². The lowest BCUT2D eigenvalue weighted by Crippen LogP contribution is -2.24. The number of aromatic nitrogens is 1. The summed E-state index contributed by atoms with van der Waals surface area (Å²) in [5.41, 5.74) is 6.58. The molecular formula is C12H12ClN3O2S. The minimum Gasteiger partial charge on any atom is -0.398 e. The Balaban J connectivity index is 2.24. The Morgan fingerprint density at radius 2 is 1.89 bits per heavy atom. The van der Waals surface area contributed by atoms with E-state index in [-0.39, 0.29) is 22.2 Å². The lowest BCUT2D eigenvalue weighted by molar-refractivity contribution is 0.582. The highest BCUT2D eigenvalue weighted by Crippen LogP contribution is 2.26. The lowest BCUT2D eigenvalue weighted by Gasteiger charge is -2.10. The average molecular weight is 298 g/mol. The third-order valence-electron chi connectivity index (χ3n) is 2.48. The number of nitrogen functional groups attached to an aromatic ring is 1. The number of sulfonamides is 1. The van der Waals surface area contributed by atoms with E-state index in [1.54, 1.807) is 30.6 Å². The molecular weight excluding hydrogens is 286 g/mol. The van der Waals surface area contributed by atoms with Gasteiger partial charge in [0.05, 0.1) is 10.7 Å². The molecule has 0 bridgehead atoms. The molecule has 100 valence electrons. The first-order valence-corrected chi connectivity index (χ1v) is 7.29. The summed E-state index contributed by atoms with van der Waals surface area (Å²) in [5, 5.41) is 0.0993. The van der Waals surface area contributed by atoms with Gasteiger partial charge in [0.2, 0.25) is 10.0 Å². The molecule has 0 fully saturated rings. The van der Waals surface area contributed by atoms with Crippen LogP contribution in [0.4, 0.5) is 5.69 Å². The van der Waals surface area contributed by atoms with Crippen LogP contribution in [-0.4, -0.2) is 13.4 Å². The van der Waals surface area contributed by atoms with E-state index in [1.165, 1.54) is 12.1 Å². The molecule has 1 aromatic carbocycles. The van der Waals surface area contributed by atoms with Crippen molar-refractivity contribution in [2.24, 2.45) is 0 Å². The monoisotopic (exact) mass is 297 g/mol. The predicted octanol–water partition coefficient (Wildman–Crippen LogP) is 1.80. The van der Waals surface area contributed by atoms with E-state index in [0.29, 0.717) is 0 Å². The summed E-state index contributed by atoms with van der Waals surface area (Å²) < 4.78 is 26.8. The zero-order valence-corrected chi connectivity index (χ0v) is 11.4. The van der Waals surface area contributed by atoms with Crippen molar-refractivity contribution in [3.63, 3.8) is 0 Å². The summed E-state index contributed by atoms with van der Waals surface area (Å²) in [7, 11) is -3.75. The molecule has 5 nitrogen and oxygen atoms in total. The van der Waals surface area contributed by atoms with Crippen molar-refractivity contribution in [2.75, 3.05) is 5.73 Å². The molecule has 7 heteroatoms. The second-order valence-corrected chi connectivity index (χ2v) is 5.95. The number of pyridine rings is 1. The highest BCUT2D eigenvalue weighted by atomic mass is 35.5. The van der Waals surface area contributed by atoms with Crippen molar-refractivity contribution >= 4 is 27.3 Å². The molecule has 0 amide bonds. The number of rotatable bonds is 4. The summed E-state index contributed by atoms with van der Waals surface area (Å²) in [5.74, 6) is 0. The van der Waals surface area contributed by atoms with Crippen LogP contribution in [0.15, 0.2) is 47.6 Å². The van der Waals surface area contributed by atoms with Crippen molar-refractivity contribution < 1.29 is 8.42 Å². The standard InChI is InChI=1S/C12H12ClN3O2S/c13-10-2-1-3-11(14)12(10)19(17,18)16-8-9-4-6-15-7-5-9/h1-7,16H,8,14H2. The van der Waals surface area contributed by atoms with Gasteiger partial charge in [-0.05, 0) is 29.8 Å². The van der Waals surface area contributed by atoms with Crippen LogP contribution in [0.3, 0.4) is 0 Å². The molecule has 2 rings (SSSR count). The summed E-state index contributed by atoms with van der Waals surface area (Å²) in [6.07, 6.45) is 3.18. The van der Waals surface area contributed by atoms with Crippen molar-refractivity contribution in [1.82, 2.24) is 9.71 Å². The molecule has 0 saturated heterocycles. The number of halogens is 1. The molecule has 2 aromatic rings. The summed E-state index contributed by atoms with van der Waals surface area (Å²) in [4.78, 5) is 3.77. The maximum absolute atomic E-state index is 12.2. The number of hydrogen-bond donors (Lipinski definition) is 2. The number of hydrogen-bond acceptors (Lipinski definition) is 4. The highest BCUT2D eigenvalue weighted by Gasteiger charge is 2.20. The quantitative estimate of drug-likeness (QED) is 0.843. The van der Waals surface area contributed by atoms with Gasteiger partial charge >= 0.3 is 0 Å². The highest BCUT2D eigenvalue weighted by molar-refractivity contribution is 7.89. The maximum atomic E-state index is 12.2. The molecule has 19 heavy (non-hydrogen) atoms. The Kier molecular flexibility index (Phi) is 4.04. The number of nitrogens with one attached hydrogen (secondary N) is 1. The third kappa shape index (κ3) is 3.23. The summed E-state index contributed by atoms with van der Waals surface area (Å²) in [6, 6.07) is 8.02. The normalized spacial score (nSPS) is 11.4. The van der Waals surface area contributed by atoms with Crippen molar-refractivity contribution in [3.05, 3.63) is 53.3 Å². The molecule has 0 spiro atoms. The van der Waals surface area contributed by atoms with Gasteiger partial charge in [0.15, 0.2) is 0 Å². The van der Waals surface area contributed by atoms with E-state index in [4.69, 9.17) is 17.3 Å². The van der Waals surface area contributed by atoms with Crippen LogP contribution in [0.2, 0.25) is 5.02 Å². The second kappa shape index (κ2) is 5.56. The van der Waals surface area contributed by atoms with E-state index in [9.17, 15) is 8.42 Å². The molecule has 0 aliphatic carbocycles. The van der Waals surface area contributed by atoms with Gasteiger partial charge in [-0.15, -0.1) is 0 Å². The van der Waals surface area contributed by atoms with Gasteiger partial charge in [0, 0.05) is 18.9 Å². The number of benzene rings is 1. The maximum Gasteiger partial charge on any atom is 0.244 e. The van der Waals surface area contributed by atoms with Crippen LogP contribution in [-0.2, 0) is 16.6 Å². The van der Waals surface area contributed by atoms with Gasteiger partial charge in [-0.1, -0.05) is 17.7 Å². The van der Waals surface area contributed by atoms with E-state index in [2.05, 4.69) is 9.71 Å². The number of anilines is 1.